The van der Waals surface area contributed by atoms with E-state index in [4.69, 9.17) is 14.0 Å². The fourth-order valence-electron chi connectivity index (χ4n) is 5.71. The van der Waals surface area contributed by atoms with Crippen LogP contribution in [-0.4, -0.2) is 54.0 Å². The number of anilines is 2. The summed E-state index contributed by atoms with van der Waals surface area (Å²) in [6, 6.07) is 3.92. The van der Waals surface area contributed by atoms with Gasteiger partial charge in [-0.25, -0.2) is 24.2 Å². The Hall–Kier alpha value is -4.42. The number of hydrogen-bond acceptors (Lipinski definition) is 8. The van der Waals surface area contributed by atoms with E-state index in [0.717, 1.165) is 4.57 Å². The molecule has 204 valence electrons. The molecule has 0 saturated heterocycles. The topological polar surface area (TPSA) is 164 Å². The number of nitrogens with zero attached hydrogens (tertiary/aromatic N) is 6. The van der Waals surface area contributed by atoms with Crippen LogP contribution in [0.3, 0.4) is 0 Å². The Kier molecular flexibility index (Phi) is 4.24. The molecule has 4 aromatic heterocycles. The fourth-order valence-corrected chi connectivity index (χ4v) is 5.71. The predicted molar refractivity (Wildman–Crippen MR) is 144 cm³/mol. The standard InChI is InChI=1S/C26H31N9O4/c1-13-11-26(13,23(27)36)35-22-17(14(2)32-35)7-8-20(31-22)30-21-10-18-19(12-28-21)33(3)25(38)34(18)16-6-5-15(9-16)29-24(37)39-4/h7-8,10,12-13,15-16H,5-6,9,11H2,1-4H3,(H2,27,36)(H,29,37)(H,28,30,31)/t13-,15+,16+,26-/m0/s1/i2D3,3D3. The molecule has 2 fully saturated rings. The summed E-state index contributed by atoms with van der Waals surface area (Å²) in [4.78, 5) is 46.7. The van der Waals surface area contributed by atoms with Gasteiger partial charge in [-0.15, -0.1) is 0 Å². The Labute approximate surface area is 231 Å². The van der Waals surface area contributed by atoms with Crippen LogP contribution < -0.4 is 22.1 Å². The van der Waals surface area contributed by atoms with Crippen LogP contribution >= 0.6 is 0 Å². The molecule has 2 amide bonds. The van der Waals surface area contributed by atoms with Gasteiger partial charge in [0.2, 0.25) is 5.91 Å². The summed E-state index contributed by atoms with van der Waals surface area (Å²) in [6.45, 7) is -3.53. The molecule has 13 heteroatoms. The molecule has 0 spiro atoms. The molecule has 39 heavy (non-hydrogen) atoms. The second-order valence-electron chi connectivity index (χ2n) is 10.2. The number of aromatic nitrogens is 6. The zero-order chi connectivity index (χ0) is 32.6. The first-order chi connectivity index (χ1) is 21.1. The number of rotatable bonds is 6. The van der Waals surface area contributed by atoms with Crippen molar-refractivity contribution >= 4 is 45.7 Å². The lowest BCUT2D eigenvalue weighted by atomic mass is 10.2. The van der Waals surface area contributed by atoms with Crippen LogP contribution in [0.15, 0.2) is 29.2 Å². The van der Waals surface area contributed by atoms with E-state index in [1.165, 1.54) is 40.8 Å². The second-order valence-corrected chi connectivity index (χ2v) is 10.2. The second kappa shape index (κ2) is 8.82. The van der Waals surface area contributed by atoms with Gasteiger partial charge in [0, 0.05) is 38.7 Å². The summed E-state index contributed by atoms with van der Waals surface area (Å²) >= 11 is 0. The van der Waals surface area contributed by atoms with Crippen LogP contribution in [0.4, 0.5) is 16.4 Å². The summed E-state index contributed by atoms with van der Waals surface area (Å²) in [5.74, 6) is -0.370. The first-order valence-corrected chi connectivity index (χ1v) is 12.5. The fraction of sp³-hybridized carbons (Fsp3) is 0.462. The van der Waals surface area contributed by atoms with E-state index >= 15 is 0 Å². The number of carbonyl (C=O) groups is 2. The van der Waals surface area contributed by atoms with Gasteiger partial charge >= 0.3 is 11.8 Å². The molecule has 0 aromatic carbocycles. The average molecular weight is 540 g/mol. The highest BCUT2D eigenvalue weighted by atomic mass is 16.5. The van der Waals surface area contributed by atoms with Gasteiger partial charge in [0.15, 0.2) is 5.65 Å². The molecule has 0 aliphatic heterocycles. The number of nitrogens with one attached hydrogen (secondary N) is 2. The predicted octanol–water partition coefficient (Wildman–Crippen LogP) is 2.20. The summed E-state index contributed by atoms with van der Waals surface area (Å²) in [5, 5.41) is 10.3. The van der Waals surface area contributed by atoms with Gasteiger partial charge in [-0.05, 0) is 50.6 Å². The van der Waals surface area contributed by atoms with Crippen molar-refractivity contribution < 1.29 is 22.6 Å². The van der Waals surface area contributed by atoms with Crippen molar-refractivity contribution in [3.8, 4) is 0 Å². The number of primary amides is 1. The number of methoxy groups -OCH3 is 1. The van der Waals surface area contributed by atoms with E-state index in [-0.39, 0.29) is 45.8 Å². The van der Waals surface area contributed by atoms with Crippen LogP contribution in [-0.2, 0) is 22.0 Å². The normalized spacial score (nSPS) is 27.2. The van der Waals surface area contributed by atoms with E-state index in [0.29, 0.717) is 31.2 Å². The number of aryl methyl sites for hydroxylation is 2. The molecule has 6 rings (SSSR count). The molecule has 4 heterocycles. The average Bonchev–Trinajstić information content (AvgIpc) is 3.24. The molecule has 4 N–H and O–H groups in total. The monoisotopic (exact) mass is 539 g/mol. The van der Waals surface area contributed by atoms with Crippen molar-refractivity contribution in [2.45, 2.75) is 57.1 Å². The number of carbonyl (C=O) groups excluding carboxylic acids is 2. The lowest BCUT2D eigenvalue weighted by molar-refractivity contribution is -0.123. The number of pyridine rings is 2. The number of hydrogen-bond donors (Lipinski definition) is 3. The van der Waals surface area contributed by atoms with E-state index in [1.807, 2.05) is 6.92 Å². The van der Waals surface area contributed by atoms with Gasteiger partial charge in [0.05, 0.1) is 30.0 Å². The zero-order valence-electron chi connectivity index (χ0n) is 27.3. The van der Waals surface area contributed by atoms with E-state index in [1.54, 1.807) is 0 Å². The van der Waals surface area contributed by atoms with Gasteiger partial charge in [0.1, 0.15) is 17.2 Å². The first-order valence-electron chi connectivity index (χ1n) is 15.5. The SMILES string of the molecule is [2H]C([2H])([2H])c1nn([C@@]2(C(N)=O)C[C@@H]2C)c2nc(Nc3cc4c(cn3)n(C([2H])([2H])[2H])c(=O)n4[C@@H]3CC[C@@H](NC(=O)OC)C3)ccc12. The molecule has 4 aromatic rings. The van der Waals surface area contributed by atoms with Gasteiger partial charge in [-0.2, -0.15) is 5.10 Å². The largest absolute Gasteiger partial charge is 0.453 e. The summed E-state index contributed by atoms with van der Waals surface area (Å²) < 4.78 is 56.0. The quantitative estimate of drug-likeness (QED) is 0.336. The van der Waals surface area contributed by atoms with Crippen LogP contribution in [0.1, 0.15) is 52.6 Å². The Balaban J connectivity index is 1.42. The minimum Gasteiger partial charge on any atom is -0.453 e. The number of ether oxygens (including phenoxy) is 1. The van der Waals surface area contributed by atoms with Gasteiger partial charge < -0.3 is 21.1 Å². The molecule has 2 saturated carbocycles. The molecule has 2 aliphatic carbocycles. The highest BCUT2D eigenvalue weighted by molar-refractivity contribution is 5.90. The zero-order valence-corrected chi connectivity index (χ0v) is 21.3. The lowest BCUT2D eigenvalue weighted by Gasteiger charge is -2.15. The minimum atomic E-state index is -2.78. The third kappa shape index (κ3) is 3.82. The maximum absolute atomic E-state index is 13.5. The van der Waals surface area contributed by atoms with Crippen LogP contribution in [0.5, 0.6) is 0 Å². The van der Waals surface area contributed by atoms with Gasteiger partial charge in [0.25, 0.3) is 0 Å². The Morgan fingerprint density at radius 1 is 1.26 bits per heavy atom. The van der Waals surface area contributed by atoms with E-state index in [2.05, 4.69) is 30.4 Å². The number of alkyl carbamates (subject to hydrolysis) is 1. The Bertz CT molecular complexity index is 1910. The molecule has 0 bridgehead atoms. The molecule has 0 radical (unpaired) electrons. The van der Waals surface area contributed by atoms with E-state index < -0.39 is 43.1 Å². The summed E-state index contributed by atoms with van der Waals surface area (Å²) in [6.07, 6.45) is 2.52. The maximum atomic E-state index is 13.5. The molecule has 4 atom stereocenters. The Morgan fingerprint density at radius 2 is 2.08 bits per heavy atom. The number of fused-ring (bicyclic) bond motifs is 2. The highest BCUT2D eigenvalue weighted by Gasteiger charge is 2.60. The summed E-state index contributed by atoms with van der Waals surface area (Å²) in [7, 11) is 1.26. The summed E-state index contributed by atoms with van der Waals surface area (Å²) in [5.41, 5.74) is 4.16. The minimum absolute atomic E-state index is 0.102. The van der Waals surface area contributed by atoms with Gasteiger partial charge in [-0.1, -0.05) is 6.92 Å². The Morgan fingerprint density at radius 3 is 2.77 bits per heavy atom. The molecule has 13 nitrogen and oxygen atoms in total. The van der Waals surface area contributed by atoms with Crippen molar-refractivity contribution in [1.82, 2.24) is 34.2 Å². The van der Waals surface area contributed by atoms with E-state index in [9.17, 15) is 14.4 Å². The van der Waals surface area contributed by atoms with Crippen molar-refractivity contribution in [3.63, 3.8) is 0 Å². The van der Waals surface area contributed by atoms with Gasteiger partial charge in [-0.3, -0.25) is 13.9 Å². The van der Waals surface area contributed by atoms with Crippen molar-refractivity contribution in [2.24, 2.45) is 18.6 Å². The van der Waals surface area contributed by atoms with Crippen molar-refractivity contribution in [3.05, 3.63) is 40.6 Å². The number of amides is 2. The first kappa shape index (κ1) is 18.8. The number of imidazole rings is 1. The van der Waals surface area contributed by atoms with Crippen LogP contribution in [0.25, 0.3) is 22.1 Å². The van der Waals surface area contributed by atoms with Crippen molar-refractivity contribution in [1.29, 1.82) is 0 Å². The molecule has 2 aliphatic rings. The third-order valence-electron chi connectivity index (χ3n) is 7.90. The smallest absolute Gasteiger partial charge is 0.407 e. The third-order valence-corrected chi connectivity index (χ3v) is 7.90. The van der Waals surface area contributed by atoms with Crippen molar-refractivity contribution in [2.75, 3.05) is 12.4 Å². The molecule has 0 unspecified atom stereocenters. The molecular formula is C26H31N9O4. The number of nitrogens with two attached hydrogens (primary N) is 1. The van der Waals surface area contributed by atoms with Crippen LogP contribution in [0, 0.1) is 12.8 Å². The van der Waals surface area contributed by atoms with Crippen LogP contribution in [0.2, 0.25) is 0 Å². The highest BCUT2D eigenvalue weighted by Crippen LogP contribution is 2.50. The maximum Gasteiger partial charge on any atom is 0.407 e. The molecular weight excluding hydrogens is 502 g/mol. The lowest BCUT2D eigenvalue weighted by Crippen LogP contribution is -2.36.